The lowest BCUT2D eigenvalue weighted by atomic mass is 10.0. The molecule has 0 saturated heterocycles. The first kappa shape index (κ1) is 10.5. The summed E-state index contributed by atoms with van der Waals surface area (Å²) in [4.78, 5) is 0. The van der Waals surface area contributed by atoms with Crippen LogP contribution in [0, 0.1) is 17.5 Å². The molecule has 2 N–H and O–H groups in total. The van der Waals surface area contributed by atoms with E-state index in [1.165, 1.54) is 30.3 Å². The van der Waals surface area contributed by atoms with Crippen molar-refractivity contribution in [2.75, 3.05) is 5.73 Å². The zero-order valence-electron chi connectivity index (χ0n) is 8.18. The maximum absolute atomic E-state index is 13.4. The standard InChI is InChI=1S/C12H8F3N/c13-8-3-1-7(2-4-8)10-5-9(16)6-11(14)12(10)15/h1-6H,16H2. The molecule has 4 heteroatoms. The Labute approximate surface area is 90.3 Å². The first-order chi connectivity index (χ1) is 7.58. The van der Waals surface area contributed by atoms with Crippen LogP contribution in [0.5, 0.6) is 0 Å². The van der Waals surface area contributed by atoms with E-state index in [1.54, 1.807) is 0 Å². The van der Waals surface area contributed by atoms with Crippen LogP contribution in [0.4, 0.5) is 18.9 Å². The second-order valence-corrected chi connectivity index (χ2v) is 3.37. The molecule has 0 heterocycles. The molecule has 0 atom stereocenters. The van der Waals surface area contributed by atoms with Crippen molar-refractivity contribution in [3.05, 3.63) is 53.8 Å². The monoisotopic (exact) mass is 223 g/mol. The molecule has 0 fully saturated rings. The smallest absolute Gasteiger partial charge is 0.166 e. The summed E-state index contributed by atoms with van der Waals surface area (Å²) in [6.07, 6.45) is 0. The van der Waals surface area contributed by atoms with Gasteiger partial charge in [0.05, 0.1) is 0 Å². The summed E-state index contributed by atoms with van der Waals surface area (Å²) in [6.45, 7) is 0. The molecule has 1 nitrogen and oxygen atoms in total. The van der Waals surface area contributed by atoms with Crippen LogP contribution >= 0.6 is 0 Å². The average molecular weight is 223 g/mol. The molecular formula is C12H8F3N. The third kappa shape index (κ3) is 1.86. The Bertz CT molecular complexity index is 521. The minimum atomic E-state index is -1.01. The second kappa shape index (κ2) is 3.89. The van der Waals surface area contributed by atoms with Gasteiger partial charge in [-0.25, -0.2) is 13.2 Å². The van der Waals surface area contributed by atoms with Gasteiger partial charge in [0.2, 0.25) is 0 Å². The molecule has 0 bridgehead atoms. The van der Waals surface area contributed by atoms with Crippen LogP contribution in [0.15, 0.2) is 36.4 Å². The van der Waals surface area contributed by atoms with Crippen molar-refractivity contribution in [2.24, 2.45) is 0 Å². The van der Waals surface area contributed by atoms with Crippen LogP contribution < -0.4 is 5.73 Å². The molecule has 2 aromatic carbocycles. The fraction of sp³-hybridized carbons (Fsp3) is 0. The molecule has 0 aliphatic rings. The third-order valence-corrected chi connectivity index (χ3v) is 2.21. The summed E-state index contributed by atoms with van der Waals surface area (Å²) in [6, 6.07) is 7.30. The zero-order chi connectivity index (χ0) is 11.7. The van der Waals surface area contributed by atoms with E-state index in [0.717, 1.165) is 6.07 Å². The lowest BCUT2D eigenvalue weighted by molar-refractivity contribution is 0.512. The number of hydrogen-bond donors (Lipinski definition) is 1. The van der Waals surface area contributed by atoms with E-state index < -0.39 is 17.5 Å². The number of rotatable bonds is 1. The van der Waals surface area contributed by atoms with Gasteiger partial charge in [-0.05, 0) is 29.8 Å². The van der Waals surface area contributed by atoms with Crippen LogP contribution in [-0.4, -0.2) is 0 Å². The second-order valence-electron chi connectivity index (χ2n) is 3.37. The minimum Gasteiger partial charge on any atom is -0.399 e. The molecule has 0 aliphatic heterocycles. The molecular weight excluding hydrogens is 215 g/mol. The van der Waals surface area contributed by atoms with Crippen molar-refractivity contribution in [2.45, 2.75) is 0 Å². The van der Waals surface area contributed by atoms with Crippen molar-refractivity contribution < 1.29 is 13.2 Å². The molecule has 0 unspecified atom stereocenters. The SMILES string of the molecule is Nc1cc(F)c(F)c(-c2ccc(F)cc2)c1. The van der Waals surface area contributed by atoms with Gasteiger partial charge in [-0.2, -0.15) is 0 Å². The van der Waals surface area contributed by atoms with Gasteiger partial charge in [0.15, 0.2) is 11.6 Å². The summed E-state index contributed by atoms with van der Waals surface area (Å²) < 4.78 is 39.2. The van der Waals surface area contributed by atoms with Crippen molar-refractivity contribution in [3.8, 4) is 11.1 Å². The quantitative estimate of drug-likeness (QED) is 0.737. The Morgan fingerprint density at radius 3 is 2.12 bits per heavy atom. The van der Waals surface area contributed by atoms with Gasteiger partial charge in [0.1, 0.15) is 5.82 Å². The van der Waals surface area contributed by atoms with Gasteiger partial charge in [-0.3, -0.25) is 0 Å². The highest BCUT2D eigenvalue weighted by molar-refractivity contribution is 5.68. The molecule has 16 heavy (non-hydrogen) atoms. The topological polar surface area (TPSA) is 26.0 Å². The Hall–Kier alpha value is -1.97. The fourth-order valence-electron chi connectivity index (χ4n) is 1.45. The number of halogens is 3. The van der Waals surface area contributed by atoms with Gasteiger partial charge in [-0.15, -0.1) is 0 Å². The summed E-state index contributed by atoms with van der Waals surface area (Å²) in [7, 11) is 0. The predicted molar refractivity (Wildman–Crippen MR) is 56.2 cm³/mol. The Balaban J connectivity index is 2.59. The van der Waals surface area contributed by atoms with E-state index in [4.69, 9.17) is 5.73 Å². The summed E-state index contributed by atoms with van der Waals surface area (Å²) in [5, 5.41) is 0. The van der Waals surface area contributed by atoms with Crippen molar-refractivity contribution in [3.63, 3.8) is 0 Å². The number of anilines is 1. The Morgan fingerprint density at radius 2 is 1.50 bits per heavy atom. The average Bonchev–Trinajstić information content (AvgIpc) is 2.25. The molecule has 2 aromatic rings. The summed E-state index contributed by atoms with van der Waals surface area (Å²) >= 11 is 0. The highest BCUT2D eigenvalue weighted by atomic mass is 19.2. The van der Waals surface area contributed by atoms with Gasteiger partial charge in [0, 0.05) is 11.3 Å². The van der Waals surface area contributed by atoms with E-state index in [2.05, 4.69) is 0 Å². The minimum absolute atomic E-state index is 0.0255. The van der Waals surface area contributed by atoms with E-state index in [0.29, 0.717) is 5.56 Å². The van der Waals surface area contributed by atoms with Crippen LogP contribution in [-0.2, 0) is 0 Å². The zero-order valence-corrected chi connectivity index (χ0v) is 8.18. The molecule has 0 amide bonds. The number of hydrogen-bond acceptors (Lipinski definition) is 1. The largest absolute Gasteiger partial charge is 0.399 e. The van der Waals surface area contributed by atoms with Crippen molar-refractivity contribution in [1.29, 1.82) is 0 Å². The van der Waals surface area contributed by atoms with E-state index in [9.17, 15) is 13.2 Å². The van der Waals surface area contributed by atoms with Crippen molar-refractivity contribution in [1.82, 2.24) is 0 Å². The van der Waals surface area contributed by atoms with Gasteiger partial charge < -0.3 is 5.73 Å². The maximum Gasteiger partial charge on any atom is 0.166 e. The number of nitrogens with two attached hydrogens (primary N) is 1. The Morgan fingerprint density at radius 1 is 0.875 bits per heavy atom. The molecule has 0 aliphatic carbocycles. The highest BCUT2D eigenvalue weighted by Gasteiger charge is 2.11. The van der Waals surface area contributed by atoms with Crippen LogP contribution in [0.25, 0.3) is 11.1 Å². The molecule has 0 aromatic heterocycles. The Kier molecular flexibility index (Phi) is 2.56. The number of benzene rings is 2. The first-order valence-electron chi connectivity index (χ1n) is 4.58. The highest BCUT2D eigenvalue weighted by Crippen LogP contribution is 2.27. The van der Waals surface area contributed by atoms with Crippen LogP contribution in [0.1, 0.15) is 0 Å². The van der Waals surface area contributed by atoms with Gasteiger partial charge in [0.25, 0.3) is 0 Å². The summed E-state index contributed by atoms with van der Waals surface area (Å²) in [5.74, 6) is -2.44. The molecule has 2 rings (SSSR count). The van der Waals surface area contributed by atoms with Crippen molar-refractivity contribution >= 4 is 5.69 Å². The van der Waals surface area contributed by atoms with Gasteiger partial charge >= 0.3 is 0 Å². The third-order valence-electron chi connectivity index (χ3n) is 2.21. The molecule has 82 valence electrons. The maximum atomic E-state index is 13.4. The lowest BCUT2D eigenvalue weighted by Gasteiger charge is -2.05. The summed E-state index contributed by atoms with van der Waals surface area (Å²) in [5.41, 5.74) is 5.94. The lowest BCUT2D eigenvalue weighted by Crippen LogP contribution is -1.94. The van der Waals surface area contributed by atoms with Crippen LogP contribution in [0.3, 0.4) is 0 Å². The predicted octanol–water partition coefficient (Wildman–Crippen LogP) is 3.35. The molecule has 0 radical (unpaired) electrons. The van der Waals surface area contributed by atoms with Gasteiger partial charge in [-0.1, -0.05) is 12.1 Å². The van der Waals surface area contributed by atoms with E-state index in [1.807, 2.05) is 0 Å². The van der Waals surface area contributed by atoms with Crippen LogP contribution in [0.2, 0.25) is 0 Å². The first-order valence-corrected chi connectivity index (χ1v) is 4.58. The normalized spacial score (nSPS) is 10.4. The molecule has 0 saturated carbocycles. The van der Waals surface area contributed by atoms with E-state index in [-0.39, 0.29) is 11.3 Å². The number of nitrogen functional groups attached to an aromatic ring is 1. The fourth-order valence-corrected chi connectivity index (χ4v) is 1.45. The van der Waals surface area contributed by atoms with E-state index >= 15 is 0 Å². The molecule has 0 spiro atoms.